The topological polar surface area (TPSA) is 81.5 Å². The van der Waals surface area contributed by atoms with E-state index in [0.717, 1.165) is 6.08 Å². The van der Waals surface area contributed by atoms with E-state index in [0.29, 0.717) is 0 Å². The van der Waals surface area contributed by atoms with Crippen molar-refractivity contribution in [1.82, 2.24) is 0 Å². The van der Waals surface area contributed by atoms with Crippen molar-refractivity contribution in [2.24, 2.45) is 10.7 Å². The molecule has 0 heterocycles. The van der Waals surface area contributed by atoms with Crippen LogP contribution in [0.2, 0.25) is 0 Å². The lowest BCUT2D eigenvalue weighted by Gasteiger charge is -1.94. The zero-order valence-electron chi connectivity index (χ0n) is 6.20. The number of nitrogens with zero attached hydrogens (tertiary/aromatic N) is 2. The quantitative estimate of drug-likeness (QED) is 0.300. The summed E-state index contributed by atoms with van der Waals surface area (Å²) >= 11 is 0. The Hall–Kier alpha value is -1.53. The fraction of sp³-hybridized carbons (Fsp3) is 0.400. The number of allylic oxidation sites excluding steroid dienone is 1. The van der Waals surface area contributed by atoms with Gasteiger partial charge < -0.3 is 10.1 Å². The highest BCUT2D eigenvalue weighted by atomic mass is 19.3. The van der Waals surface area contributed by atoms with Crippen LogP contribution in [0.3, 0.4) is 0 Å². The van der Waals surface area contributed by atoms with Gasteiger partial charge >= 0.3 is 12.4 Å². The van der Waals surface area contributed by atoms with Gasteiger partial charge in [0, 0.05) is 5.71 Å². The van der Waals surface area contributed by atoms with Crippen molar-refractivity contribution in [3.63, 3.8) is 0 Å². The molecule has 0 fully saturated rings. The van der Waals surface area contributed by atoms with Crippen LogP contribution in [0.4, 0.5) is 8.78 Å². The standard InChI is InChI=1S/C5H7F2N3O2/c1-3(9-5(6)7)2-4(8)10(11)12/h2,5H,8H2,1H3/b4-2+,9-3+. The molecule has 7 heteroatoms. The number of nitrogens with two attached hydrogens (primary N) is 1. The number of aliphatic imine (C=N–C) groups is 1. The Morgan fingerprint density at radius 3 is 2.58 bits per heavy atom. The first-order valence-electron chi connectivity index (χ1n) is 2.87. The van der Waals surface area contributed by atoms with Crippen LogP contribution in [0.15, 0.2) is 16.9 Å². The molecule has 68 valence electrons. The first-order chi connectivity index (χ1) is 5.43. The minimum atomic E-state index is -2.87. The molecule has 0 rings (SSSR count). The van der Waals surface area contributed by atoms with Gasteiger partial charge in [-0.3, -0.25) is 5.73 Å². The second-order valence-electron chi connectivity index (χ2n) is 1.87. The monoisotopic (exact) mass is 179 g/mol. The van der Waals surface area contributed by atoms with E-state index in [1.54, 1.807) is 0 Å². The molecule has 0 bridgehead atoms. The van der Waals surface area contributed by atoms with Gasteiger partial charge in [0.25, 0.3) is 0 Å². The maximum absolute atomic E-state index is 11.5. The number of alkyl halides is 2. The lowest BCUT2D eigenvalue weighted by atomic mass is 10.4. The Bertz CT molecular complexity index is 237. The van der Waals surface area contributed by atoms with Gasteiger partial charge in [-0.25, -0.2) is 4.99 Å². The van der Waals surface area contributed by atoms with Crippen LogP contribution in [0.1, 0.15) is 6.92 Å². The van der Waals surface area contributed by atoms with Gasteiger partial charge in [0.1, 0.15) is 0 Å². The van der Waals surface area contributed by atoms with E-state index in [1.165, 1.54) is 6.92 Å². The molecule has 0 aliphatic carbocycles. The lowest BCUT2D eigenvalue weighted by Crippen LogP contribution is -2.10. The van der Waals surface area contributed by atoms with E-state index in [2.05, 4.69) is 4.99 Å². The third-order valence-electron chi connectivity index (χ3n) is 0.869. The van der Waals surface area contributed by atoms with Crippen LogP contribution in [-0.2, 0) is 0 Å². The predicted octanol–water partition coefficient (Wildman–Crippen LogP) is 0.747. The van der Waals surface area contributed by atoms with Crippen molar-refractivity contribution >= 4 is 5.71 Å². The van der Waals surface area contributed by atoms with Gasteiger partial charge in [0.05, 0.1) is 6.08 Å². The molecule has 0 saturated heterocycles. The van der Waals surface area contributed by atoms with Crippen LogP contribution in [-0.4, -0.2) is 17.2 Å². The predicted molar refractivity (Wildman–Crippen MR) is 38.4 cm³/mol. The van der Waals surface area contributed by atoms with Crippen LogP contribution >= 0.6 is 0 Å². The third kappa shape index (κ3) is 4.31. The van der Waals surface area contributed by atoms with Crippen LogP contribution in [0.25, 0.3) is 0 Å². The summed E-state index contributed by atoms with van der Waals surface area (Å²) < 4.78 is 23.0. The molecule has 0 atom stereocenters. The largest absolute Gasteiger partial charge is 0.358 e. The van der Waals surface area contributed by atoms with Gasteiger partial charge in [-0.2, -0.15) is 8.78 Å². The molecule has 0 aromatic heterocycles. The van der Waals surface area contributed by atoms with Crippen molar-refractivity contribution < 1.29 is 13.7 Å². The summed E-state index contributed by atoms with van der Waals surface area (Å²) in [7, 11) is 0. The van der Waals surface area contributed by atoms with Crippen LogP contribution < -0.4 is 5.73 Å². The summed E-state index contributed by atoms with van der Waals surface area (Å²) in [5.41, 5.74) is 4.65. The molecule has 0 radical (unpaired) electrons. The number of nitro groups is 1. The first-order valence-corrected chi connectivity index (χ1v) is 2.87. The zero-order valence-corrected chi connectivity index (χ0v) is 6.20. The normalized spacial score (nSPS) is 13.7. The third-order valence-corrected chi connectivity index (χ3v) is 0.869. The molecule has 0 saturated carbocycles. The van der Waals surface area contributed by atoms with Gasteiger partial charge in [-0.05, 0) is 11.8 Å². The minimum Gasteiger partial charge on any atom is -0.358 e. The SMILES string of the molecule is CC(/C=C(\N)[N+](=O)[O-])=N\C(F)F. The molecular weight excluding hydrogens is 172 g/mol. The molecule has 0 aliphatic heterocycles. The molecule has 0 aromatic rings. The van der Waals surface area contributed by atoms with E-state index in [-0.39, 0.29) is 5.71 Å². The highest BCUT2D eigenvalue weighted by molar-refractivity contribution is 5.92. The van der Waals surface area contributed by atoms with E-state index in [4.69, 9.17) is 5.73 Å². The number of rotatable bonds is 3. The number of hydrogen-bond acceptors (Lipinski definition) is 4. The number of halogens is 2. The smallest absolute Gasteiger partial charge is 0.332 e. The second kappa shape index (κ2) is 4.37. The molecule has 5 nitrogen and oxygen atoms in total. The average Bonchev–Trinajstić information content (AvgIpc) is 1.84. The molecule has 0 spiro atoms. The van der Waals surface area contributed by atoms with Gasteiger partial charge in [-0.15, -0.1) is 0 Å². The maximum Gasteiger partial charge on any atom is 0.332 e. The Morgan fingerprint density at radius 2 is 2.25 bits per heavy atom. The van der Waals surface area contributed by atoms with E-state index in [9.17, 15) is 18.9 Å². The van der Waals surface area contributed by atoms with Crippen molar-refractivity contribution in [2.45, 2.75) is 13.5 Å². The fourth-order valence-corrected chi connectivity index (χ4v) is 0.458. The van der Waals surface area contributed by atoms with Gasteiger partial charge in [0.15, 0.2) is 0 Å². The van der Waals surface area contributed by atoms with E-state index in [1.807, 2.05) is 0 Å². The molecule has 0 aliphatic rings. The summed E-state index contributed by atoms with van der Waals surface area (Å²) in [4.78, 5) is 11.7. The molecule has 12 heavy (non-hydrogen) atoms. The molecule has 2 N–H and O–H groups in total. The minimum absolute atomic E-state index is 0.181. The average molecular weight is 179 g/mol. The highest BCUT2D eigenvalue weighted by Gasteiger charge is 2.02. The Morgan fingerprint density at radius 1 is 1.75 bits per heavy atom. The summed E-state index contributed by atoms with van der Waals surface area (Å²) in [6, 6.07) is 0. The van der Waals surface area contributed by atoms with E-state index < -0.39 is 17.3 Å². The summed E-state index contributed by atoms with van der Waals surface area (Å²) in [6.07, 6.45) is 0.770. The summed E-state index contributed by atoms with van der Waals surface area (Å²) in [6.45, 7) is -1.68. The zero-order chi connectivity index (χ0) is 9.72. The van der Waals surface area contributed by atoms with Crippen molar-refractivity contribution in [2.75, 3.05) is 0 Å². The maximum atomic E-state index is 11.5. The summed E-state index contributed by atoms with van der Waals surface area (Å²) in [5.74, 6) is -0.711. The number of hydrogen-bond donors (Lipinski definition) is 1. The van der Waals surface area contributed by atoms with Crippen molar-refractivity contribution in [3.8, 4) is 0 Å². The van der Waals surface area contributed by atoms with Gasteiger partial charge in [0.2, 0.25) is 0 Å². The van der Waals surface area contributed by atoms with Crippen LogP contribution in [0, 0.1) is 10.1 Å². The second-order valence-corrected chi connectivity index (χ2v) is 1.87. The lowest BCUT2D eigenvalue weighted by molar-refractivity contribution is -0.426. The van der Waals surface area contributed by atoms with E-state index >= 15 is 0 Å². The Balaban J connectivity index is 4.43. The van der Waals surface area contributed by atoms with Crippen molar-refractivity contribution in [3.05, 3.63) is 22.0 Å². The first kappa shape index (κ1) is 10.5. The van der Waals surface area contributed by atoms with Crippen LogP contribution in [0.5, 0.6) is 0 Å². The molecular formula is C5H7F2N3O2. The fourth-order valence-electron chi connectivity index (χ4n) is 0.458. The Labute approximate surface area is 66.7 Å². The highest BCUT2D eigenvalue weighted by Crippen LogP contribution is 1.96. The molecule has 0 unspecified atom stereocenters. The Kier molecular flexibility index (Phi) is 3.81. The molecule has 0 amide bonds. The van der Waals surface area contributed by atoms with Crippen molar-refractivity contribution in [1.29, 1.82) is 0 Å². The van der Waals surface area contributed by atoms with Gasteiger partial charge in [-0.1, -0.05) is 0 Å². The molecule has 0 aromatic carbocycles. The summed E-state index contributed by atoms with van der Waals surface area (Å²) in [5, 5.41) is 9.89.